The van der Waals surface area contributed by atoms with Gasteiger partial charge in [-0.2, -0.15) is 0 Å². The Balaban J connectivity index is 1.53. The van der Waals surface area contributed by atoms with Crippen LogP contribution in [0.4, 0.5) is 15.9 Å². The number of carbonyl (C=O) groups is 1. The number of anilines is 1. The first-order chi connectivity index (χ1) is 16.5. The van der Waals surface area contributed by atoms with Gasteiger partial charge < -0.3 is 14.9 Å². The number of hydrogen-bond acceptors (Lipinski definition) is 4. The predicted molar refractivity (Wildman–Crippen MR) is 126 cm³/mol. The summed E-state index contributed by atoms with van der Waals surface area (Å²) in [6, 6.07) is 21.7. The van der Waals surface area contributed by atoms with Gasteiger partial charge in [0.05, 0.1) is 17.8 Å². The number of H-pyrrole nitrogens is 1. The summed E-state index contributed by atoms with van der Waals surface area (Å²) in [5, 5.41) is 14.8. The molecule has 34 heavy (non-hydrogen) atoms. The van der Waals surface area contributed by atoms with E-state index in [0.717, 1.165) is 5.56 Å². The molecule has 0 atom stereocenters. The fourth-order valence-corrected chi connectivity index (χ4v) is 3.82. The highest BCUT2D eigenvalue weighted by molar-refractivity contribution is 6.07. The molecule has 0 radical (unpaired) electrons. The lowest BCUT2D eigenvalue weighted by molar-refractivity contribution is -0.383. The molecule has 5 aromatic rings. The molecule has 0 aliphatic carbocycles. The third kappa shape index (κ3) is 4.02. The van der Waals surface area contributed by atoms with Gasteiger partial charge in [-0.05, 0) is 35.9 Å². The van der Waals surface area contributed by atoms with Crippen molar-refractivity contribution in [2.45, 2.75) is 6.54 Å². The lowest BCUT2D eigenvalue weighted by atomic mass is 10.1. The van der Waals surface area contributed by atoms with E-state index in [1.165, 1.54) is 18.2 Å². The Kier molecular flexibility index (Phi) is 5.35. The number of nitro benzene ring substituents is 1. The zero-order valence-corrected chi connectivity index (χ0v) is 17.7. The van der Waals surface area contributed by atoms with Crippen LogP contribution in [0, 0.1) is 15.9 Å². The summed E-state index contributed by atoms with van der Waals surface area (Å²) in [5.74, 6) is -0.435. The zero-order valence-electron chi connectivity index (χ0n) is 17.7. The van der Waals surface area contributed by atoms with Crippen LogP contribution in [0.15, 0.2) is 85.2 Å². The van der Waals surface area contributed by atoms with Gasteiger partial charge in [0.1, 0.15) is 28.5 Å². The Bertz CT molecular complexity index is 1510. The van der Waals surface area contributed by atoms with Crippen LogP contribution in [0.25, 0.3) is 22.2 Å². The molecule has 9 heteroatoms. The smallest absolute Gasteiger partial charge is 0.293 e. The van der Waals surface area contributed by atoms with Crippen LogP contribution < -0.4 is 5.32 Å². The lowest BCUT2D eigenvalue weighted by Crippen LogP contribution is -2.16. The summed E-state index contributed by atoms with van der Waals surface area (Å²) in [6.07, 6.45) is 1.61. The van der Waals surface area contributed by atoms with E-state index >= 15 is 0 Å². The van der Waals surface area contributed by atoms with Crippen LogP contribution in [0.1, 0.15) is 16.1 Å². The number of imidazole rings is 1. The van der Waals surface area contributed by atoms with Crippen LogP contribution in [0.5, 0.6) is 0 Å². The molecule has 2 heterocycles. The highest BCUT2D eigenvalue weighted by Gasteiger charge is 2.20. The monoisotopic (exact) mass is 455 g/mol. The molecular formula is C25H18FN5O3. The molecule has 5 rings (SSSR count). The van der Waals surface area contributed by atoms with Gasteiger partial charge in [-0.15, -0.1) is 0 Å². The second-order valence-electron chi connectivity index (χ2n) is 7.70. The van der Waals surface area contributed by atoms with Crippen molar-refractivity contribution in [3.63, 3.8) is 0 Å². The Morgan fingerprint density at radius 1 is 1.06 bits per heavy atom. The Hall–Kier alpha value is -4.79. The molecule has 3 aromatic carbocycles. The molecular weight excluding hydrogens is 437 g/mol. The highest BCUT2D eigenvalue weighted by Crippen LogP contribution is 2.29. The van der Waals surface area contributed by atoms with Crippen LogP contribution in [0.2, 0.25) is 0 Å². The summed E-state index contributed by atoms with van der Waals surface area (Å²) in [7, 11) is 0. The van der Waals surface area contributed by atoms with Crippen LogP contribution in [0.3, 0.4) is 0 Å². The van der Waals surface area contributed by atoms with Gasteiger partial charge in [-0.3, -0.25) is 14.9 Å². The molecule has 0 bridgehead atoms. The Labute approximate surface area is 192 Å². The van der Waals surface area contributed by atoms with Crippen molar-refractivity contribution in [3.8, 4) is 11.3 Å². The number of para-hydroxylation sites is 1. The lowest BCUT2D eigenvalue weighted by Gasteiger charge is -2.11. The summed E-state index contributed by atoms with van der Waals surface area (Å²) in [6.45, 7) is 0.447. The van der Waals surface area contributed by atoms with Crippen LogP contribution in [-0.4, -0.2) is 25.4 Å². The van der Waals surface area contributed by atoms with E-state index in [-0.39, 0.29) is 22.7 Å². The number of rotatable bonds is 6. The largest absolute Gasteiger partial charge is 0.345 e. The molecule has 0 aliphatic heterocycles. The third-order valence-electron chi connectivity index (χ3n) is 5.46. The molecule has 1 amide bonds. The van der Waals surface area contributed by atoms with Crippen molar-refractivity contribution in [2.24, 2.45) is 0 Å². The molecule has 0 fully saturated rings. The van der Waals surface area contributed by atoms with Crippen molar-refractivity contribution in [3.05, 3.63) is 112 Å². The average Bonchev–Trinajstić information content (AvgIpc) is 3.44. The number of carbonyl (C=O) groups excluding carboxylic acids is 1. The van der Waals surface area contributed by atoms with E-state index in [9.17, 15) is 19.3 Å². The number of amides is 1. The number of fused-ring (bicyclic) bond motifs is 1. The molecule has 0 spiro atoms. The minimum atomic E-state index is -0.498. The summed E-state index contributed by atoms with van der Waals surface area (Å²) in [5.41, 5.74) is 2.44. The number of halogens is 1. The molecule has 168 valence electrons. The van der Waals surface area contributed by atoms with Crippen molar-refractivity contribution >= 4 is 28.3 Å². The van der Waals surface area contributed by atoms with Gasteiger partial charge in [-0.25, -0.2) is 9.37 Å². The SMILES string of the molecule is O=C(Nc1c(-c2ccc(F)cc2)ncn1Cc1ccccc1)c1cc2cccc([N+](=O)[O-])c2[nH]1. The highest BCUT2D eigenvalue weighted by atomic mass is 19.1. The van der Waals surface area contributed by atoms with E-state index in [2.05, 4.69) is 15.3 Å². The van der Waals surface area contributed by atoms with E-state index in [0.29, 0.717) is 29.0 Å². The molecule has 0 unspecified atom stereocenters. The maximum absolute atomic E-state index is 13.5. The molecule has 8 nitrogen and oxygen atoms in total. The minimum Gasteiger partial charge on any atom is -0.345 e. The fraction of sp³-hybridized carbons (Fsp3) is 0.0400. The predicted octanol–water partition coefficient (Wildman–Crippen LogP) is 5.38. The second-order valence-corrected chi connectivity index (χ2v) is 7.70. The van der Waals surface area contributed by atoms with Crippen LogP contribution in [-0.2, 0) is 6.54 Å². The Morgan fingerprint density at radius 2 is 1.82 bits per heavy atom. The van der Waals surface area contributed by atoms with Gasteiger partial charge in [0, 0.05) is 17.0 Å². The number of benzene rings is 3. The number of nitrogens with one attached hydrogen (secondary N) is 2. The van der Waals surface area contributed by atoms with Gasteiger partial charge in [-0.1, -0.05) is 42.5 Å². The second kappa shape index (κ2) is 8.62. The van der Waals surface area contributed by atoms with Gasteiger partial charge in [0.15, 0.2) is 0 Å². The van der Waals surface area contributed by atoms with Crippen molar-refractivity contribution < 1.29 is 14.1 Å². The topological polar surface area (TPSA) is 106 Å². The number of non-ortho nitro benzene ring substituents is 1. The average molecular weight is 455 g/mol. The first-order valence-corrected chi connectivity index (χ1v) is 10.4. The molecule has 0 aliphatic rings. The Morgan fingerprint density at radius 3 is 2.56 bits per heavy atom. The van der Waals surface area contributed by atoms with Gasteiger partial charge in [0.2, 0.25) is 0 Å². The minimum absolute atomic E-state index is 0.113. The number of nitro groups is 1. The number of aromatic amines is 1. The fourth-order valence-electron chi connectivity index (χ4n) is 3.82. The van der Waals surface area contributed by atoms with E-state index in [4.69, 9.17) is 0 Å². The molecule has 0 saturated carbocycles. The summed E-state index contributed by atoms with van der Waals surface area (Å²) >= 11 is 0. The standard InChI is InChI=1S/C25H18FN5O3/c26-19-11-9-17(10-12-19)23-24(30(15-27-23)14-16-5-2-1-3-6-16)29-25(32)20-13-18-7-4-8-21(31(33)34)22(18)28-20/h1-13,15,28H,14H2,(H,29,32). The summed E-state index contributed by atoms with van der Waals surface area (Å²) in [4.78, 5) is 31.4. The first kappa shape index (κ1) is 21.1. The van der Waals surface area contributed by atoms with E-state index in [1.807, 2.05) is 30.3 Å². The van der Waals surface area contributed by atoms with Crippen molar-refractivity contribution in [1.29, 1.82) is 0 Å². The van der Waals surface area contributed by atoms with Gasteiger partial charge in [0.25, 0.3) is 11.6 Å². The normalized spacial score (nSPS) is 11.0. The quantitative estimate of drug-likeness (QED) is 0.265. The van der Waals surface area contributed by atoms with E-state index in [1.54, 1.807) is 41.2 Å². The maximum atomic E-state index is 13.5. The molecule has 2 aromatic heterocycles. The van der Waals surface area contributed by atoms with Gasteiger partial charge >= 0.3 is 0 Å². The van der Waals surface area contributed by atoms with Crippen LogP contribution >= 0.6 is 0 Å². The first-order valence-electron chi connectivity index (χ1n) is 10.4. The number of aromatic nitrogens is 3. The summed E-state index contributed by atoms with van der Waals surface area (Å²) < 4.78 is 15.3. The molecule has 2 N–H and O–H groups in total. The maximum Gasteiger partial charge on any atom is 0.293 e. The number of nitrogens with zero attached hydrogens (tertiary/aromatic N) is 3. The van der Waals surface area contributed by atoms with E-state index < -0.39 is 10.8 Å². The zero-order chi connectivity index (χ0) is 23.7. The molecule has 0 saturated heterocycles. The number of hydrogen-bond donors (Lipinski definition) is 2. The third-order valence-corrected chi connectivity index (χ3v) is 5.46. The van der Waals surface area contributed by atoms with Crippen molar-refractivity contribution in [2.75, 3.05) is 5.32 Å². The van der Waals surface area contributed by atoms with Crippen molar-refractivity contribution in [1.82, 2.24) is 14.5 Å².